The van der Waals surface area contributed by atoms with Crippen molar-refractivity contribution >= 4 is 11.6 Å². The molecule has 0 radical (unpaired) electrons. The molecule has 9 heteroatoms. The molecule has 1 aromatic heterocycles. The molecule has 168 valence electrons. The SMILES string of the molecule is O=C(Nc1ccccc1)C(NCc1nc(-c2cccc(C(F)(F)F)c2)no1)c1ccccc1. The molecule has 1 heterocycles. The molecule has 4 aromatic rings. The maximum absolute atomic E-state index is 13.0. The Balaban J connectivity index is 1.50. The lowest BCUT2D eigenvalue weighted by atomic mass is 10.1. The Morgan fingerprint density at radius 1 is 0.939 bits per heavy atom. The Morgan fingerprint density at radius 2 is 1.64 bits per heavy atom. The lowest BCUT2D eigenvalue weighted by Gasteiger charge is -2.18. The van der Waals surface area contributed by atoms with Gasteiger partial charge in [-0.2, -0.15) is 18.2 Å². The van der Waals surface area contributed by atoms with Crippen LogP contribution in [0.1, 0.15) is 23.1 Å². The molecular weight excluding hydrogens is 433 g/mol. The van der Waals surface area contributed by atoms with E-state index in [0.29, 0.717) is 5.69 Å². The van der Waals surface area contributed by atoms with Crippen molar-refractivity contribution in [3.8, 4) is 11.4 Å². The minimum atomic E-state index is -4.47. The molecule has 0 spiro atoms. The Bertz CT molecular complexity index is 1210. The number of nitrogens with one attached hydrogen (secondary N) is 2. The summed E-state index contributed by atoms with van der Waals surface area (Å²) in [7, 11) is 0. The van der Waals surface area contributed by atoms with Gasteiger partial charge in [-0.1, -0.05) is 65.8 Å². The molecule has 1 unspecified atom stereocenters. The van der Waals surface area contributed by atoms with Gasteiger partial charge in [0.2, 0.25) is 17.6 Å². The molecule has 0 aliphatic carbocycles. The minimum Gasteiger partial charge on any atom is -0.338 e. The Labute approximate surface area is 187 Å². The first-order valence-corrected chi connectivity index (χ1v) is 10.0. The minimum absolute atomic E-state index is 0.0305. The van der Waals surface area contributed by atoms with Gasteiger partial charge in [0.25, 0.3) is 0 Å². The van der Waals surface area contributed by atoms with Gasteiger partial charge in [-0.15, -0.1) is 0 Å². The summed E-state index contributed by atoms with van der Waals surface area (Å²) in [6.45, 7) is 0.0354. The van der Waals surface area contributed by atoms with E-state index in [2.05, 4.69) is 20.8 Å². The highest BCUT2D eigenvalue weighted by molar-refractivity contribution is 5.95. The molecular formula is C24H19F3N4O2. The summed E-state index contributed by atoms with van der Waals surface area (Å²) in [6, 6.07) is 22.1. The first-order valence-electron chi connectivity index (χ1n) is 10.0. The van der Waals surface area contributed by atoms with Crippen LogP contribution in [0.5, 0.6) is 0 Å². The van der Waals surface area contributed by atoms with Crippen LogP contribution >= 0.6 is 0 Å². The zero-order valence-corrected chi connectivity index (χ0v) is 17.2. The van der Waals surface area contributed by atoms with Crippen molar-refractivity contribution in [2.45, 2.75) is 18.8 Å². The van der Waals surface area contributed by atoms with Gasteiger partial charge in [0.15, 0.2) is 0 Å². The van der Waals surface area contributed by atoms with E-state index in [0.717, 1.165) is 17.7 Å². The maximum Gasteiger partial charge on any atom is 0.416 e. The lowest BCUT2D eigenvalue weighted by Crippen LogP contribution is -2.32. The summed E-state index contributed by atoms with van der Waals surface area (Å²) in [5, 5.41) is 9.72. The number of carbonyl (C=O) groups is 1. The number of hydrogen-bond donors (Lipinski definition) is 2. The molecule has 3 aromatic carbocycles. The molecule has 0 bridgehead atoms. The smallest absolute Gasteiger partial charge is 0.338 e. The van der Waals surface area contributed by atoms with Gasteiger partial charge in [-0.05, 0) is 29.8 Å². The molecule has 4 rings (SSSR count). The average Bonchev–Trinajstić information content (AvgIpc) is 3.29. The number of benzene rings is 3. The number of halogens is 3. The van der Waals surface area contributed by atoms with Gasteiger partial charge >= 0.3 is 6.18 Å². The average molecular weight is 452 g/mol. The predicted octanol–water partition coefficient (Wildman–Crippen LogP) is 5.23. The third-order valence-electron chi connectivity index (χ3n) is 4.81. The zero-order valence-electron chi connectivity index (χ0n) is 17.2. The third-order valence-corrected chi connectivity index (χ3v) is 4.81. The fraction of sp³-hybridized carbons (Fsp3) is 0.125. The number of rotatable bonds is 7. The van der Waals surface area contributed by atoms with Crippen LogP contribution in [-0.2, 0) is 17.5 Å². The summed E-state index contributed by atoms with van der Waals surface area (Å²) >= 11 is 0. The Kier molecular flexibility index (Phi) is 6.50. The highest BCUT2D eigenvalue weighted by atomic mass is 19.4. The van der Waals surface area contributed by atoms with Crippen LogP contribution in [0.15, 0.2) is 89.5 Å². The van der Waals surface area contributed by atoms with E-state index in [1.807, 2.05) is 48.5 Å². The van der Waals surface area contributed by atoms with Crippen LogP contribution in [0.25, 0.3) is 11.4 Å². The molecule has 1 atom stereocenters. The lowest BCUT2D eigenvalue weighted by molar-refractivity contribution is -0.137. The van der Waals surface area contributed by atoms with Gasteiger partial charge in [0.1, 0.15) is 6.04 Å². The fourth-order valence-electron chi connectivity index (χ4n) is 3.21. The van der Waals surface area contributed by atoms with Gasteiger partial charge in [-0.3, -0.25) is 10.1 Å². The largest absolute Gasteiger partial charge is 0.416 e. The van der Waals surface area contributed by atoms with E-state index in [-0.39, 0.29) is 29.7 Å². The molecule has 0 aliphatic heterocycles. The second-order valence-corrected chi connectivity index (χ2v) is 7.17. The van der Waals surface area contributed by atoms with Crippen molar-refractivity contribution in [2.24, 2.45) is 0 Å². The molecule has 33 heavy (non-hydrogen) atoms. The van der Waals surface area contributed by atoms with Crippen molar-refractivity contribution in [2.75, 3.05) is 5.32 Å². The first-order chi connectivity index (χ1) is 15.9. The fourth-order valence-corrected chi connectivity index (χ4v) is 3.21. The van der Waals surface area contributed by atoms with Crippen LogP contribution in [0.4, 0.5) is 18.9 Å². The summed E-state index contributed by atoms with van der Waals surface area (Å²) in [5.74, 6) is -0.122. The van der Waals surface area contributed by atoms with Gasteiger partial charge in [0, 0.05) is 11.3 Å². The number of anilines is 1. The van der Waals surface area contributed by atoms with E-state index in [4.69, 9.17) is 4.52 Å². The second kappa shape index (κ2) is 9.66. The maximum atomic E-state index is 13.0. The molecule has 1 amide bonds. The van der Waals surface area contributed by atoms with E-state index < -0.39 is 17.8 Å². The highest BCUT2D eigenvalue weighted by Crippen LogP contribution is 2.31. The van der Waals surface area contributed by atoms with E-state index in [9.17, 15) is 18.0 Å². The van der Waals surface area contributed by atoms with Crippen molar-refractivity contribution in [1.29, 1.82) is 0 Å². The van der Waals surface area contributed by atoms with Gasteiger partial charge in [0.05, 0.1) is 12.1 Å². The molecule has 0 aliphatic rings. The Morgan fingerprint density at radius 3 is 2.33 bits per heavy atom. The monoisotopic (exact) mass is 452 g/mol. The van der Waals surface area contributed by atoms with Gasteiger partial charge in [-0.25, -0.2) is 0 Å². The van der Waals surface area contributed by atoms with Crippen LogP contribution in [0.2, 0.25) is 0 Å². The molecule has 2 N–H and O–H groups in total. The normalized spacial score (nSPS) is 12.3. The van der Waals surface area contributed by atoms with Crippen LogP contribution in [0, 0.1) is 0 Å². The third kappa shape index (κ3) is 5.64. The summed E-state index contributed by atoms with van der Waals surface area (Å²) in [6.07, 6.45) is -4.47. The Hall–Kier alpha value is -3.98. The van der Waals surface area contributed by atoms with Crippen molar-refractivity contribution < 1.29 is 22.5 Å². The molecule has 0 saturated carbocycles. The van der Waals surface area contributed by atoms with Crippen LogP contribution in [0.3, 0.4) is 0 Å². The summed E-state index contributed by atoms with van der Waals surface area (Å²) in [4.78, 5) is 17.1. The standard InChI is InChI=1S/C24H19F3N4O2/c25-24(26,27)18-11-7-10-17(14-18)22-30-20(33-31-22)15-28-21(16-8-3-1-4-9-16)23(32)29-19-12-5-2-6-13-19/h1-14,21,28H,15H2,(H,29,32). The van der Waals surface area contributed by atoms with E-state index >= 15 is 0 Å². The number of amides is 1. The number of aromatic nitrogens is 2. The number of para-hydroxylation sites is 1. The van der Waals surface area contributed by atoms with E-state index in [1.54, 1.807) is 12.1 Å². The van der Waals surface area contributed by atoms with Gasteiger partial charge < -0.3 is 9.84 Å². The number of alkyl halides is 3. The van der Waals surface area contributed by atoms with Crippen molar-refractivity contribution in [3.05, 3.63) is 102 Å². The van der Waals surface area contributed by atoms with Crippen LogP contribution in [-0.4, -0.2) is 16.0 Å². The quantitative estimate of drug-likeness (QED) is 0.402. The topological polar surface area (TPSA) is 80.0 Å². The number of nitrogens with zero attached hydrogens (tertiary/aromatic N) is 2. The van der Waals surface area contributed by atoms with Crippen LogP contribution < -0.4 is 10.6 Å². The second-order valence-electron chi connectivity index (χ2n) is 7.17. The highest BCUT2D eigenvalue weighted by Gasteiger charge is 2.31. The summed E-state index contributed by atoms with van der Waals surface area (Å²) < 4.78 is 44.1. The first kappa shape index (κ1) is 22.2. The zero-order chi connectivity index (χ0) is 23.3. The van der Waals surface area contributed by atoms with E-state index in [1.165, 1.54) is 12.1 Å². The summed E-state index contributed by atoms with van der Waals surface area (Å²) in [5.41, 5.74) is 0.755. The molecule has 6 nitrogen and oxygen atoms in total. The predicted molar refractivity (Wildman–Crippen MR) is 116 cm³/mol. The number of hydrogen-bond acceptors (Lipinski definition) is 5. The molecule has 0 fully saturated rings. The number of carbonyl (C=O) groups excluding carboxylic acids is 1. The molecule has 0 saturated heterocycles. The van der Waals surface area contributed by atoms with Crippen molar-refractivity contribution in [3.63, 3.8) is 0 Å². The van der Waals surface area contributed by atoms with Crippen molar-refractivity contribution in [1.82, 2.24) is 15.5 Å².